The number of halogens is 1. The molecular weight excluding hydrogens is 376 g/mol. The maximum atomic E-state index is 12.4. The molecule has 1 aromatic heterocycles. The second kappa shape index (κ2) is 8.37. The normalized spacial score (nSPS) is 14.0. The summed E-state index contributed by atoms with van der Waals surface area (Å²) >= 11 is 5.87. The van der Waals surface area contributed by atoms with Crippen LogP contribution >= 0.6 is 11.6 Å². The average molecular weight is 395 g/mol. The van der Waals surface area contributed by atoms with Crippen molar-refractivity contribution in [1.29, 1.82) is 0 Å². The van der Waals surface area contributed by atoms with E-state index in [4.69, 9.17) is 16.3 Å². The molecule has 0 aliphatic carbocycles. The van der Waals surface area contributed by atoms with E-state index >= 15 is 0 Å². The lowest BCUT2D eigenvalue weighted by atomic mass is 10.1. The number of carbonyl (C=O) groups excluding carboxylic acids is 1. The molecule has 1 amide bonds. The van der Waals surface area contributed by atoms with Gasteiger partial charge >= 0.3 is 0 Å². The van der Waals surface area contributed by atoms with Gasteiger partial charge in [0.15, 0.2) is 0 Å². The topological polar surface area (TPSA) is 67.4 Å². The smallest absolute Gasteiger partial charge is 0.255 e. The number of hydrogen-bond donors (Lipinski definition) is 1. The molecule has 0 spiro atoms. The Bertz CT molecular complexity index is 955. The van der Waals surface area contributed by atoms with Crippen molar-refractivity contribution in [2.24, 2.45) is 0 Å². The SMILES string of the molecule is O=C(Nc1ccc(Cl)cc1)c1ccc(-c2cc(N3CCOCC3)ncn2)cc1. The fourth-order valence-electron chi connectivity index (χ4n) is 3.00. The van der Waals surface area contributed by atoms with Gasteiger partial charge in [0.05, 0.1) is 18.9 Å². The first-order valence-corrected chi connectivity index (χ1v) is 9.39. The Hall–Kier alpha value is -2.96. The molecule has 2 aromatic carbocycles. The summed E-state index contributed by atoms with van der Waals surface area (Å²) in [4.78, 5) is 23.3. The summed E-state index contributed by atoms with van der Waals surface area (Å²) in [7, 11) is 0. The van der Waals surface area contributed by atoms with E-state index in [-0.39, 0.29) is 5.91 Å². The first-order chi connectivity index (χ1) is 13.7. The summed E-state index contributed by atoms with van der Waals surface area (Å²) in [5.41, 5.74) is 3.02. The third-order valence-electron chi connectivity index (χ3n) is 4.53. The fourth-order valence-corrected chi connectivity index (χ4v) is 3.13. The first kappa shape index (κ1) is 18.4. The van der Waals surface area contributed by atoms with Gasteiger partial charge in [0.2, 0.25) is 0 Å². The summed E-state index contributed by atoms with van der Waals surface area (Å²) in [6.07, 6.45) is 1.57. The Morgan fingerprint density at radius 1 is 1.00 bits per heavy atom. The maximum Gasteiger partial charge on any atom is 0.255 e. The lowest BCUT2D eigenvalue weighted by molar-refractivity contribution is 0.102. The van der Waals surface area contributed by atoms with E-state index < -0.39 is 0 Å². The minimum absolute atomic E-state index is 0.175. The molecule has 142 valence electrons. The van der Waals surface area contributed by atoms with Crippen molar-refractivity contribution < 1.29 is 9.53 Å². The van der Waals surface area contributed by atoms with Crippen LogP contribution in [0.5, 0.6) is 0 Å². The van der Waals surface area contributed by atoms with Crippen LogP contribution in [-0.4, -0.2) is 42.2 Å². The van der Waals surface area contributed by atoms with Crippen molar-refractivity contribution in [3.8, 4) is 11.3 Å². The summed E-state index contributed by atoms with van der Waals surface area (Å²) < 4.78 is 5.39. The number of amides is 1. The van der Waals surface area contributed by atoms with E-state index in [0.717, 1.165) is 30.2 Å². The highest BCUT2D eigenvalue weighted by molar-refractivity contribution is 6.30. The summed E-state index contributed by atoms with van der Waals surface area (Å²) in [6, 6.07) is 16.3. The molecule has 0 unspecified atom stereocenters. The standard InChI is InChI=1S/C21H19ClN4O2/c22-17-5-7-18(8-6-17)25-21(27)16-3-1-15(2-4-16)19-13-20(24-14-23-19)26-9-11-28-12-10-26/h1-8,13-14H,9-12H2,(H,25,27). The van der Waals surface area contributed by atoms with Crippen LogP contribution in [0.4, 0.5) is 11.5 Å². The number of nitrogens with zero attached hydrogens (tertiary/aromatic N) is 3. The summed E-state index contributed by atoms with van der Waals surface area (Å²) in [6.45, 7) is 3.05. The van der Waals surface area contributed by atoms with E-state index in [1.807, 2.05) is 18.2 Å². The van der Waals surface area contributed by atoms with Crippen molar-refractivity contribution in [2.45, 2.75) is 0 Å². The second-order valence-electron chi connectivity index (χ2n) is 6.40. The number of aromatic nitrogens is 2. The zero-order valence-electron chi connectivity index (χ0n) is 15.1. The van der Waals surface area contributed by atoms with Gasteiger partial charge in [-0.25, -0.2) is 9.97 Å². The number of benzene rings is 2. The van der Waals surface area contributed by atoms with Gasteiger partial charge in [-0.15, -0.1) is 0 Å². The number of carbonyl (C=O) groups is 1. The third-order valence-corrected chi connectivity index (χ3v) is 4.78. The largest absolute Gasteiger partial charge is 0.378 e. The van der Waals surface area contributed by atoms with Crippen LogP contribution in [0.25, 0.3) is 11.3 Å². The van der Waals surface area contributed by atoms with Gasteiger partial charge in [-0.3, -0.25) is 4.79 Å². The highest BCUT2D eigenvalue weighted by atomic mass is 35.5. The number of rotatable bonds is 4. The number of hydrogen-bond acceptors (Lipinski definition) is 5. The van der Waals surface area contributed by atoms with Crippen molar-refractivity contribution in [1.82, 2.24) is 9.97 Å². The molecule has 0 saturated carbocycles. The molecular formula is C21H19ClN4O2. The van der Waals surface area contributed by atoms with Gasteiger partial charge < -0.3 is 15.0 Å². The second-order valence-corrected chi connectivity index (χ2v) is 6.84. The predicted molar refractivity (Wildman–Crippen MR) is 110 cm³/mol. The van der Waals surface area contributed by atoms with Crippen LogP contribution < -0.4 is 10.2 Å². The molecule has 1 aliphatic rings. The molecule has 0 radical (unpaired) electrons. The molecule has 2 heterocycles. The van der Waals surface area contributed by atoms with Gasteiger partial charge in [0.1, 0.15) is 12.1 Å². The molecule has 1 aliphatic heterocycles. The molecule has 1 N–H and O–H groups in total. The van der Waals surface area contributed by atoms with Gasteiger partial charge in [-0.05, 0) is 36.4 Å². The lowest BCUT2D eigenvalue weighted by Gasteiger charge is -2.27. The van der Waals surface area contributed by atoms with Gasteiger partial charge in [-0.2, -0.15) is 0 Å². The Labute approximate surface area is 168 Å². The van der Waals surface area contributed by atoms with E-state index in [2.05, 4.69) is 20.2 Å². The Balaban J connectivity index is 1.48. The first-order valence-electron chi connectivity index (χ1n) is 9.01. The number of nitrogens with one attached hydrogen (secondary N) is 1. The van der Waals surface area contributed by atoms with Gasteiger partial charge in [-0.1, -0.05) is 23.7 Å². The number of anilines is 2. The monoisotopic (exact) mass is 394 g/mol. The van der Waals surface area contributed by atoms with Crippen molar-refractivity contribution >= 4 is 29.0 Å². The molecule has 0 bridgehead atoms. The zero-order valence-corrected chi connectivity index (χ0v) is 15.9. The van der Waals surface area contributed by atoms with Crippen molar-refractivity contribution in [3.63, 3.8) is 0 Å². The van der Waals surface area contributed by atoms with E-state index in [1.54, 1.807) is 42.7 Å². The summed E-state index contributed by atoms with van der Waals surface area (Å²) in [5, 5.41) is 3.48. The lowest BCUT2D eigenvalue weighted by Crippen LogP contribution is -2.36. The van der Waals surface area contributed by atoms with E-state index in [0.29, 0.717) is 29.5 Å². The maximum absolute atomic E-state index is 12.4. The fraction of sp³-hybridized carbons (Fsp3) is 0.190. The van der Waals surface area contributed by atoms with Crippen LogP contribution in [0.2, 0.25) is 5.02 Å². The van der Waals surface area contributed by atoms with E-state index in [1.165, 1.54) is 0 Å². The Kier molecular flexibility index (Phi) is 5.50. The highest BCUT2D eigenvalue weighted by Crippen LogP contribution is 2.22. The summed E-state index contributed by atoms with van der Waals surface area (Å²) in [5.74, 6) is 0.712. The third kappa shape index (κ3) is 4.30. The predicted octanol–water partition coefficient (Wildman–Crippen LogP) is 3.89. The van der Waals surface area contributed by atoms with Crippen molar-refractivity contribution in [3.05, 3.63) is 71.5 Å². The molecule has 7 heteroatoms. The van der Waals surface area contributed by atoms with Crippen LogP contribution in [0, 0.1) is 0 Å². The average Bonchev–Trinajstić information content (AvgIpc) is 2.76. The zero-order chi connectivity index (χ0) is 19.3. The van der Waals surface area contributed by atoms with E-state index in [9.17, 15) is 4.79 Å². The van der Waals surface area contributed by atoms with Crippen LogP contribution in [0.3, 0.4) is 0 Å². The van der Waals surface area contributed by atoms with Crippen LogP contribution in [0.15, 0.2) is 60.9 Å². The molecule has 6 nitrogen and oxygen atoms in total. The minimum Gasteiger partial charge on any atom is -0.378 e. The highest BCUT2D eigenvalue weighted by Gasteiger charge is 2.14. The van der Waals surface area contributed by atoms with Crippen LogP contribution in [-0.2, 0) is 4.74 Å². The van der Waals surface area contributed by atoms with Crippen molar-refractivity contribution in [2.75, 3.05) is 36.5 Å². The molecule has 28 heavy (non-hydrogen) atoms. The molecule has 0 atom stereocenters. The molecule has 3 aromatic rings. The minimum atomic E-state index is -0.175. The number of ether oxygens (including phenoxy) is 1. The molecule has 1 saturated heterocycles. The molecule has 4 rings (SSSR count). The Morgan fingerprint density at radius 2 is 1.71 bits per heavy atom. The van der Waals surface area contributed by atoms with Gasteiger partial charge in [0.25, 0.3) is 5.91 Å². The number of morpholine rings is 1. The van der Waals surface area contributed by atoms with Gasteiger partial charge in [0, 0.05) is 41.0 Å². The quantitative estimate of drug-likeness (QED) is 0.727. The Morgan fingerprint density at radius 3 is 2.43 bits per heavy atom. The molecule has 1 fully saturated rings. The van der Waals surface area contributed by atoms with Crippen LogP contribution in [0.1, 0.15) is 10.4 Å².